The van der Waals surface area contributed by atoms with E-state index in [1.54, 1.807) is 24.1 Å². The second kappa shape index (κ2) is 13.7. The van der Waals surface area contributed by atoms with Crippen LogP contribution in [0.3, 0.4) is 0 Å². The minimum atomic E-state index is -2.75. The maximum atomic E-state index is 14.6. The number of ether oxygens (including phenoxy) is 1. The van der Waals surface area contributed by atoms with Crippen molar-refractivity contribution in [1.82, 2.24) is 29.2 Å². The van der Waals surface area contributed by atoms with Gasteiger partial charge in [0.2, 0.25) is 0 Å². The van der Waals surface area contributed by atoms with E-state index in [0.717, 1.165) is 68.7 Å². The average molecular weight is 676 g/mol. The molecule has 7 rings (SSSR count). The van der Waals surface area contributed by atoms with Gasteiger partial charge in [-0.3, -0.25) is 19.7 Å². The number of hydrogen-bond donors (Lipinski definition) is 2. The van der Waals surface area contributed by atoms with E-state index in [0.29, 0.717) is 45.6 Å². The highest BCUT2D eigenvalue weighted by Crippen LogP contribution is 2.38. The number of halogens is 2. The quantitative estimate of drug-likeness (QED) is 0.170. The summed E-state index contributed by atoms with van der Waals surface area (Å²) in [7, 11) is 0. The number of carbonyl (C=O) groups is 1. The van der Waals surface area contributed by atoms with Crippen LogP contribution in [0, 0.1) is 12.8 Å². The Bertz CT molecular complexity index is 1880. The molecule has 0 bridgehead atoms. The number of thiazole rings is 1. The van der Waals surface area contributed by atoms with Gasteiger partial charge in [0.05, 0.1) is 23.6 Å². The Morgan fingerprint density at radius 2 is 1.96 bits per heavy atom. The summed E-state index contributed by atoms with van der Waals surface area (Å²) in [6.07, 6.45) is 5.55. The van der Waals surface area contributed by atoms with Crippen LogP contribution in [0.1, 0.15) is 61.2 Å². The van der Waals surface area contributed by atoms with Crippen molar-refractivity contribution < 1.29 is 23.4 Å². The molecule has 3 aromatic heterocycles. The molecular formula is C35H39F2N7O3S. The van der Waals surface area contributed by atoms with E-state index in [1.807, 2.05) is 42.7 Å². The summed E-state index contributed by atoms with van der Waals surface area (Å²) in [5.74, 6) is 0.683. The minimum absolute atomic E-state index is 0.148. The van der Waals surface area contributed by atoms with E-state index in [-0.39, 0.29) is 17.6 Å². The van der Waals surface area contributed by atoms with Crippen LogP contribution in [0.5, 0.6) is 5.75 Å². The lowest BCUT2D eigenvalue weighted by Crippen LogP contribution is -2.39. The van der Waals surface area contributed by atoms with E-state index in [1.165, 1.54) is 22.1 Å². The third kappa shape index (κ3) is 6.46. The molecule has 2 aliphatic rings. The second-order valence-corrected chi connectivity index (χ2v) is 13.6. The average Bonchev–Trinajstić information content (AvgIpc) is 3.89. The van der Waals surface area contributed by atoms with Gasteiger partial charge in [0.25, 0.3) is 12.3 Å². The summed E-state index contributed by atoms with van der Waals surface area (Å²) >= 11 is 1.30. The molecule has 2 N–H and O–H groups in total. The summed E-state index contributed by atoms with van der Waals surface area (Å²) in [5.41, 5.74) is 3.91. The Morgan fingerprint density at radius 1 is 1.17 bits per heavy atom. The van der Waals surface area contributed by atoms with E-state index in [4.69, 9.17) is 9.84 Å². The number of hydrogen-bond acceptors (Lipinski definition) is 8. The molecular weight excluding hydrogens is 636 g/mol. The lowest BCUT2D eigenvalue weighted by Gasteiger charge is -2.33. The molecule has 2 aliphatic heterocycles. The van der Waals surface area contributed by atoms with Gasteiger partial charge >= 0.3 is 0 Å². The van der Waals surface area contributed by atoms with Gasteiger partial charge in [-0.05, 0) is 93.4 Å². The number of anilines is 1. The number of aromatic nitrogens is 5. The number of aliphatic hydroxyl groups is 1. The predicted octanol–water partition coefficient (Wildman–Crippen LogP) is 6.25. The molecule has 13 heteroatoms. The smallest absolute Gasteiger partial charge is 0.264 e. The predicted molar refractivity (Wildman–Crippen MR) is 181 cm³/mol. The Hall–Kier alpha value is -4.20. The number of carbonyl (C=O) groups excluding carboxylic acids is 1. The molecule has 1 amide bonds. The number of likely N-dealkylation sites (tertiary alicyclic amines) is 1. The normalized spacial score (nSPS) is 16.8. The first-order chi connectivity index (χ1) is 23.3. The van der Waals surface area contributed by atoms with Crippen LogP contribution in [0.15, 0.2) is 54.4 Å². The van der Waals surface area contributed by atoms with Crippen LogP contribution in [-0.2, 0) is 17.8 Å². The molecule has 0 saturated carbocycles. The third-order valence-electron chi connectivity index (χ3n) is 9.72. The summed E-state index contributed by atoms with van der Waals surface area (Å²) in [6.45, 7) is 7.78. The molecule has 2 atom stereocenters. The van der Waals surface area contributed by atoms with Gasteiger partial charge in [-0.2, -0.15) is 5.10 Å². The van der Waals surface area contributed by atoms with Crippen LogP contribution in [0.4, 0.5) is 13.9 Å². The third-order valence-corrected chi connectivity index (χ3v) is 10.4. The molecule has 0 radical (unpaired) electrons. The van der Waals surface area contributed by atoms with Gasteiger partial charge in [0.15, 0.2) is 11.2 Å². The van der Waals surface area contributed by atoms with E-state index in [9.17, 15) is 18.7 Å². The van der Waals surface area contributed by atoms with Gasteiger partial charge < -0.3 is 14.4 Å². The van der Waals surface area contributed by atoms with Crippen molar-refractivity contribution in [2.24, 2.45) is 5.92 Å². The standard InChI is InChI=1S/C35H39F2N7O3S/c1-21-26(24-5-7-25(8-6-24)47-16-15-42-13-9-23(10-14-42)22(2)45)18-27(33(36)37)28-19-44(41-30(21)28)32(34(46)40-35-38-11-17-48-35)31-29-4-3-12-43(29)20-39-31/h5-8,11,17-20,22-23,32-33,45H,3-4,9-10,12-16H2,1-2H3,(H,38,40,46). The number of nitrogens with one attached hydrogen (secondary N) is 1. The molecule has 48 heavy (non-hydrogen) atoms. The van der Waals surface area contributed by atoms with Crippen molar-refractivity contribution in [1.29, 1.82) is 0 Å². The monoisotopic (exact) mass is 675 g/mol. The number of fused-ring (bicyclic) bond motifs is 2. The highest BCUT2D eigenvalue weighted by molar-refractivity contribution is 7.13. The number of aryl methyl sites for hydroxylation is 2. The molecule has 10 nitrogen and oxygen atoms in total. The molecule has 5 heterocycles. The number of amides is 1. The Morgan fingerprint density at radius 3 is 2.67 bits per heavy atom. The molecule has 1 fully saturated rings. The van der Waals surface area contributed by atoms with Crippen LogP contribution in [0.25, 0.3) is 22.0 Å². The zero-order chi connectivity index (χ0) is 33.4. The van der Waals surface area contributed by atoms with Crippen molar-refractivity contribution in [2.75, 3.05) is 31.6 Å². The van der Waals surface area contributed by atoms with Gasteiger partial charge in [0, 0.05) is 47.5 Å². The number of piperidine rings is 1. The maximum absolute atomic E-state index is 14.6. The summed E-state index contributed by atoms with van der Waals surface area (Å²) in [5, 5.41) is 20.0. The first-order valence-corrected chi connectivity index (χ1v) is 17.3. The summed E-state index contributed by atoms with van der Waals surface area (Å²) in [4.78, 5) is 24.9. The minimum Gasteiger partial charge on any atom is -0.492 e. The number of nitrogens with zero attached hydrogens (tertiary/aromatic N) is 6. The van der Waals surface area contributed by atoms with Crippen LogP contribution < -0.4 is 10.1 Å². The maximum Gasteiger partial charge on any atom is 0.264 e. The fraction of sp³-hybridized carbons (Fsp3) is 0.429. The van der Waals surface area contributed by atoms with Crippen molar-refractivity contribution >= 4 is 33.3 Å². The number of rotatable bonds is 11. The molecule has 0 aliphatic carbocycles. The van der Waals surface area contributed by atoms with E-state index < -0.39 is 12.5 Å². The Kier molecular flexibility index (Phi) is 9.25. The van der Waals surface area contributed by atoms with Gasteiger partial charge in [-0.25, -0.2) is 18.7 Å². The lowest BCUT2D eigenvalue weighted by molar-refractivity contribution is -0.118. The van der Waals surface area contributed by atoms with Crippen molar-refractivity contribution in [3.63, 3.8) is 0 Å². The summed E-state index contributed by atoms with van der Waals surface area (Å²) < 4.78 is 38.8. The highest BCUT2D eigenvalue weighted by atomic mass is 32.1. The van der Waals surface area contributed by atoms with Crippen LogP contribution >= 0.6 is 11.3 Å². The molecule has 252 valence electrons. The molecule has 2 unspecified atom stereocenters. The van der Waals surface area contributed by atoms with Gasteiger partial charge in [-0.15, -0.1) is 11.3 Å². The molecule has 0 spiro atoms. The van der Waals surface area contributed by atoms with Crippen LogP contribution in [0.2, 0.25) is 0 Å². The first-order valence-electron chi connectivity index (χ1n) is 16.4. The second-order valence-electron chi connectivity index (χ2n) is 12.7. The molecule has 2 aromatic carbocycles. The van der Waals surface area contributed by atoms with Crippen molar-refractivity contribution in [3.8, 4) is 16.9 Å². The van der Waals surface area contributed by atoms with Crippen LogP contribution in [-0.4, -0.2) is 72.6 Å². The number of alkyl halides is 2. The van der Waals surface area contributed by atoms with Gasteiger partial charge in [-0.1, -0.05) is 12.1 Å². The van der Waals surface area contributed by atoms with Crippen molar-refractivity contribution in [2.45, 2.75) is 64.6 Å². The zero-order valence-electron chi connectivity index (χ0n) is 27.0. The Balaban J connectivity index is 1.15. The summed E-state index contributed by atoms with van der Waals surface area (Å²) in [6, 6.07) is 8.03. The van der Waals surface area contributed by atoms with E-state index in [2.05, 4.69) is 20.2 Å². The van der Waals surface area contributed by atoms with Crippen molar-refractivity contribution in [3.05, 3.63) is 76.9 Å². The molecule has 5 aromatic rings. The zero-order valence-corrected chi connectivity index (χ0v) is 27.8. The highest BCUT2D eigenvalue weighted by Gasteiger charge is 2.33. The Labute approximate surface area is 281 Å². The largest absolute Gasteiger partial charge is 0.492 e. The SMILES string of the molecule is Cc1c(-c2ccc(OCCN3CCC(C(C)O)CC3)cc2)cc(C(F)F)c2cn(C(C(=O)Nc3nccs3)c3ncn4c3CCC4)nc12. The van der Waals surface area contributed by atoms with Gasteiger partial charge in [0.1, 0.15) is 12.4 Å². The lowest BCUT2D eigenvalue weighted by atomic mass is 9.92. The fourth-order valence-corrected chi connectivity index (χ4v) is 7.54. The number of aliphatic hydroxyl groups excluding tert-OH is 1. The number of benzene rings is 2. The first kappa shape index (κ1) is 32.4. The number of imidazole rings is 1. The van der Waals surface area contributed by atoms with E-state index >= 15 is 0 Å². The fourth-order valence-electron chi connectivity index (χ4n) is 7.01. The topological polar surface area (TPSA) is 110 Å². The molecule has 1 saturated heterocycles.